The average molecular weight is 579 g/mol. The third kappa shape index (κ3) is 4.77. The van der Waals surface area contributed by atoms with E-state index in [1.54, 1.807) is 10.6 Å². The van der Waals surface area contributed by atoms with Crippen LogP contribution < -0.4 is 15.3 Å². The molecule has 2 fully saturated rings. The van der Waals surface area contributed by atoms with Gasteiger partial charge in [-0.3, -0.25) is 9.47 Å². The molecule has 6 rings (SSSR count). The summed E-state index contributed by atoms with van der Waals surface area (Å²) in [7, 11) is 0. The van der Waals surface area contributed by atoms with Gasteiger partial charge in [-0.15, -0.1) is 0 Å². The Balaban J connectivity index is 1.61. The van der Waals surface area contributed by atoms with Crippen molar-refractivity contribution in [3.63, 3.8) is 0 Å². The molecule has 2 saturated heterocycles. The zero-order chi connectivity index (χ0) is 27.4. The first-order valence-electron chi connectivity index (χ1n) is 13.4. The van der Waals surface area contributed by atoms with Gasteiger partial charge in [0.2, 0.25) is 0 Å². The maximum Gasteiger partial charge on any atom is 0.350 e. The lowest BCUT2D eigenvalue weighted by molar-refractivity contribution is 0.00339. The standard InChI is InChI=1S/C28H30Cl2F2N4O3/c1-15-3-4-16(2)35(12-15)27-19-10-21(30)24(18-9-20(29)23(32)11-22(18)31)26-25(19)36(28(37)33-27)13-17(14-39-26)34-5-7-38-8-6-34/h9-11,15-17H,3-8,12-14H2,1-2H3/t15-,16-,17-/m0/s1. The molecule has 208 valence electrons. The average Bonchev–Trinajstić information content (AvgIpc) is 3.12. The van der Waals surface area contributed by atoms with Crippen molar-refractivity contribution in [2.75, 3.05) is 44.4 Å². The largest absolute Gasteiger partial charge is 0.489 e. The van der Waals surface area contributed by atoms with E-state index in [1.807, 2.05) is 0 Å². The number of aromatic nitrogens is 2. The van der Waals surface area contributed by atoms with E-state index in [4.69, 9.17) is 32.7 Å². The van der Waals surface area contributed by atoms with Crippen molar-refractivity contribution < 1.29 is 18.3 Å². The molecule has 0 N–H and O–H groups in total. The summed E-state index contributed by atoms with van der Waals surface area (Å²) < 4.78 is 42.9. The van der Waals surface area contributed by atoms with E-state index in [1.165, 1.54) is 6.07 Å². The van der Waals surface area contributed by atoms with Crippen LogP contribution in [0.5, 0.6) is 5.75 Å². The van der Waals surface area contributed by atoms with Gasteiger partial charge in [0.1, 0.15) is 24.1 Å². The Morgan fingerprint density at radius 1 is 1.00 bits per heavy atom. The first kappa shape index (κ1) is 26.7. The van der Waals surface area contributed by atoms with Crippen molar-refractivity contribution in [2.45, 2.75) is 45.3 Å². The highest BCUT2D eigenvalue weighted by atomic mass is 35.5. The van der Waals surface area contributed by atoms with Gasteiger partial charge in [-0.05, 0) is 37.8 Å². The summed E-state index contributed by atoms with van der Waals surface area (Å²) in [5.74, 6) is -0.443. The summed E-state index contributed by atoms with van der Waals surface area (Å²) in [6.45, 7) is 8.23. The minimum absolute atomic E-state index is 0.00504. The Hall–Kier alpha value is -2.46. The van der Waals surface area contributed by atoms with Gasteiger partial charge in [0, 0.05) is 54.8 Å². The molecule has 4 heterocycles. The van der Waals surface area contributed by atoms with E-state index >= 15 is 4.39 Å². The van der Waals surface area contributed by atoms with E-state index in [9.17, 15) is 9.18 Å². The number of hydrogen-bond donors (Lipinski definition) is 0. The molecule has 2 aromatic carbocycles. The number of hydrogen-bond acceptors (Lipinski definition) is 6. The van der Waals surface area contributed by atoms with Crippen molar-refractivity contribution in [3.8, 4) is 16.9 Å². The maximum atomic E-state index is 15.2. The molecule has 7 nitrogen and oxygen atoms in total. The van der Waals surface area contributed by atoms with Crippen molar-refractivity contribution in [2.24, 2.45) is 5.92 Å². The molecule has 3 aliphatic heterocycles. The Morgan fingerprint density at radius 3 is 2.54 bits per heavy atom. The highest BCUT2D eigenvalue weighted by molar-refractivity contribution is 6.35. The zero-order valence-electron chi connectivity index (χ0n) is 21.9. The van der Waals surface area contributed by atoms with Crippen molar-refractivity contribution in [1.29, 1.82) is 0 Å². The fourth-order valence-electron chi connectivity index (χ4n) is 6.05. The normalized spacial score (nSPS) is 24.1. The number of halogens is 4. The Morgan fingerprint density at radius 2 is 1.77 bits per heavy atom. The Bertz CT molecular complexity index is 1490. The predicted molar refractivity (Wildman–Crippen MR) is 148 cm³/mol. The van der Waals surface area contributed by atoms with Crippen LogP contribution >= 0.6 is 23.2 Å². The van der Waals surface area contributed by atoms with Crippen molar-refractivity contribution in [1.82, 2.24) is 14.5 Å². The fraction of sp³-hybridized carbons (Fsp3) is 0.500. The molecule has 0 bridgehead atoms. The summed E-state index contributed by atoms with van der Waals surface area (Å²) >= 11 is 12.9. The number of rotatable bonds is 3. The van der Waals surface area contributed by atoms with Crippen LogP contribution in [0.25, 0.3) is 22.0 Å². The van der Waals surface area contributed by atoms with Crippen LogP contribution in [0.2, 0.25) is 10.0 Å². The zero-order valence-corrected chi connectivity index (χ0v) is 23.4. The van der Waals surface area contributed by atoms with Crippen LogP contribution in [0.4, 0.5) is 14.6 Å². The summed E-state index contributed by atoms with van der Waals surface area (Å²) in [6, 6.07) is 3.70. The number of anilines is 1. The van der Waals surface area contributed by atoms with E-state index in [0.717, 1.165) is 25.5 Å². The second-order valence-electron chi connectivity index (χ2n) is 10.8. The van der Waals surface area contributed by atoms with E-state index in [2.05, 4.69) is 28.6 Å². The number of morpholine rings is 1. The SMILES string of the molecule is C[C@H]1CC[C@H](C)N(c2nc(=O)n3c4c(c(-c5cc(Cl)c(F)cc5F)c(Cl)cc24)OC[C@@H](N2CCOCC2)C3)C1. The molecule has 0 saturated carbocycles. The van der Waals surface area contributed by atoms with E-state index in [-0.39, 0.29) is 45.6 Å². The quantitative estimate of drug-likeness (QED) is 0.390. The molecule has 0 radical (unpaired) electrons. The lowest BCUT2D eigenvalue weighted by atomic mass is 9.94. The van der Waals surface area contributed by atoms with Crippen molar-refractivity contribution >= 4 is 39.9 Å². The molecule has 11 heteroatoms. The van der Waals surface area contributed by atoms with Gasteiger partial charge >= 0.3 is 5.69 Å². The molecular weight excluding hydrogens is 549 g/mol. The smallest absolute Gasteiger partial charge is 0.350 e. The van der Waals surface area contributed by atoms with Crippen LogP contribution in [-0.2, 0) is 11.3 Å². The second kappa shape index (κ2) is 10.5. The second-order valence-corrected chi connectivity index (χ2v) is 11.6. The third-order valence-corrected chi connectivity index (χ3v) is 8.78. The van der Waals surface area contributed by atoms with Crippen molar-refractivity contribution in [3.05, 3.63) is 50.4 Å². The van der Waals surface area contributed by atoms with Gasteiger partial charge < -0.3 is 14.4 Å². The van der Waals surface area contributed by atoms with E-state index in [0.29, 0.717) is 55.5 Å². The molecule has 3 aliphatic rings. The minimum Gasteiger partial charge on any atom is -0.489 e. The van der Waals surface area contributed by atoms with Gasteiger partial charge in [0.25, 0.3) is 0 Å². The van der Waals surface area contributed by atoms with Gasteiger partial charge in [0.05, 0.1) is 34.8 Å². The molecule has 3 atom stereocenters. The van der Waals surface area contributed by atoms with Gasteiger partial charge in [-0.25, -0.2) is 13.6 Å². The van der Waals surface area contributed by atoms with Gasteiger partial charge in [-0.2, -0.15) is 4.98 Å². The summed E-state index contributed by atoms with van der Waals surface area (Å²) in [4.78, 5) is 22.7. The topological polar surface area (TPSA) is 59.8 Å². The summed E-state index contributed by atoms with van der Waals surface area (Å²) in [5.41, 5.74) is 0.339. The summed E-state index contributed by atoms with van der Waals surface area (Å²) in [6.07, 6.45) is 2.07. The van der Waals surface area contributed by atoms with Crippen LogP contribution in [-0.4, -0.2) is 66.0 Å². The maximum absolute atomic E-state index is 15.2. The fourth-order valence-corrected chi connectivity index (χ4v) is 6.51. The molecule has 0 amide bonds. The molecule has 0 spiro atoms. The van der Waals surface area contributed by atoms with Crippen LogP contribution in [0.1, 0.15) is 26.7 Å². The molecule has 3 aromatic rings. The summed E-state index contributed by atoms with van der Waals surface area (Å²) in [5, 5.41) is 0.629. The molecular formula is C28H30Cl2F2N4O3. The van der Waals surface area contributed by atoms with Crippen LogP contribution in [0.15, 0.2) is 23.0 Å². The number of benzene rings is 2. The predicted octanol–water partition coefficient (Wildman–Crippen LogP) is 5.37. The Kier molecular flexibility index (Phi) is 7.20. The lowest BCUT2D eigenvalue weighted by Crippen LogP contribution is -2.48. The van der Waals surface area contributed by atoms with Crippen LogP contribution in [0.3, 0.4) is 0 Å². The van der Waals surface area contributed by atoms with Crippen LogP contribution in [0, 0.1) is 17.6 Å². The molecule has 1 aromatic heterocycles. The first-order chi connectivity index (χ1) is 18.7. The first-order valence-corrected chi connectivity index (χ1v) is 14.1. The number of ether oxygens (including phenoxy) is 2. The molecule has 39 heavy (non-hydrogen) atoms. The lowest BCUT2D eigenvalue weighted by Gasteiger charge is -2.38. The van der Waals surface area contributed by atoms with E-state index < -0.39 is 17.3 Å². The highest BCUT2D eigenvalue weighted by Gasteiger charge is 2.33. The number of piperidine rings is 1. The Labute approximate surface area is 235 Å². The molecule has 0 aliphatic carbocycles. The van der Waals surface area contributed by atoms with Gasteiger partial charge in [0.15, 0.2) is 5.75 Å². The molecule has 0 unspecified atom stereocenters. The monoisotopic (exact) mass is 578 g/mol. The number of nitrogens with zero attached hydrogens (tertiary/aromatic N) is 4. The minimum atomic E-state index is -0.870. The highest BCUT2D eigenvalue weighted by Crippen LogP contribution is 2.47. The van der Waals surface area contributed by atoms with Gasteiger partial charge in [-0.1, -0.05) is 30.1 Å². The third-order valence-electron chi connectivity index (χ3n) is 8.19.